The summed E-state index contributed by atoms with van der Waals surface area (Å²) >= 11 is 1.54. The van der Waals surface area contributed by atoms with Crippen molar-refractivity contribution in [1.29, 1.82) is 0 Å². The van der Waals surface area contributed by atoms with Crippen LogP contribution in [-0.2, 0) is 9.59 Å². The van der Waals surface area contributed by atoms with Crippen molar-refractivity contribution in [3.05, 3.63) is 0 Å². The molecule has 0 aliphatic carbocycles. The second-order valence-electron chi connectivity index (χ2n) is 2.64. The summed E-state index contributed by atoms with van der Waals surface area (Å²) in [5, 5.41) is 13.7. The van der Waals surface area contributed by atoms with Crippen molar-refractivity contribution in [1.82, 2.24) is 10.6 Å². The van der Waals surface area contributed by atoms with Gasteiger partial charge in [0.05, 0.1) is 6.42 Å². The van der Waals surface area contributed by atoms with Gasteiger partial charge in [-0.2, -0.15) is 0 Å². The third-order valence-electron chi connectivity index (χ3n) is 1.59. The lowest BCUT2D eigenvalue weighted by Crippen LogP contribution is -2.39. The molecule has 1 amide bonds. The lowest BCUT2D eigenvalue weighted by atomic mass is 10.4. The molecule has 1 heterocycles. The maximum atomic E-state index is 11.2. The molecule has 1 aliphatic heterocycles. The van der Waals surface area contributed by atoms with Crippen LogP contribution in [0.15, 0.2) is 0 Å². The van der Waals surface area contributed by atoms with Gasteiger partial charge in [0.1, 0.15) is 5.37 Å². The van der Waals surface area contributed by atoms with Crippen LogP contribution in [0.25, 0.3) is 0 Å². The molecule has 13 heavy (non-hydrogen) atoms. The second kappa shape index (κ2) is 5.08. The Balaban J connectivity index is 2.13. The SMILES string of the molecule is O=C(O)CCNC(=O)C1NCCS1. The minimum atomic E-state index is -0.896. The number of nitrogens with one attached hydrogen (secondary N) is 2. The molecular formula is C7H12N2O3S. The zero-order chi connectivity index (χ0) is 9.68. The Morgan fingerprint density at radius 1 is 1.62 bits per heavy atom. The third-order valence-corrected chi connectivity index (χ3v) is 2.75. The predicted molar refractivity (Wildman–Crippen MR) is 49.5 cm³/mol. The van der Waals surface area contributed by atoms with Gasteiger partial charge in [-0.1, -0.05) is 0 Å². The average molecular weight is 204 g/mol. The van der Waals surface area contributed by atoms with Gasteiger partial charge in [0.15, 0.2) is 0 Å². The highest BCUT2D eigenvalue weighted by atomic mass is 32.2. The number of hydrogen-bond donors (Lipinski definition) is 3. The molecule has 1 aliphatic rings. The summed E-state index contributed by atoms with van der Waals surface area (Å²) < 4.78 is 0. The van der Waals surface area contributed by atoms with Crippen molar-refractivity contribution in [3.63, 3.8) is 0 Å². The molecule has 0 radical (unpaired) electrons. The Bertz CT molecular complexity index is 204. The van der Waals surface area contributed by atoms with Crippen LogP contribution in [0.2, 0.25) is 0 Å². The largest absolute Gasteiger partial charge is 0.481 e. The molecule has 0 aromatic carbocycles. The number of aliphatic carboxylic acids is 1. The van der Waals surface area contributed by atoms with Gasteiger partial charge in [-0.15, -0.1) is 11.8 Å². The zero-order valence-electron chi connectivity index (χ0n) is 7.08. The summed E-state index contributed by atoms with van der Waals surface area (Å²) in [6, 6.07) is 0. The van der Waals surface area contributed by atoms with Crippen molar-refractivity contribution < 1.29 is 14.7 Å². The minimum absolute atomic E-state index is 0.0247. The standard InChI is InChI=1S/C7H12N2O3S/c10-5(11)1-2-8-6(12)7-9-3-4-13-7/h7,9H,1-4H2,(H,8,12)(H,10,11). The maximum Gasteiger partial charge on any atom is 0.305 e. The van der Waals surface area contributed by atoms with Gasteiger partial charge in [0.2, 0.25) is 5.91 Å². The van der Waals surface area contributed by atoms with Gasteiger partial charge >= 0.3 is 5.97 Å². The molecule has 5 nitrogen and oxygen atoms in total. The molecule has 1 fully saturated rings. The van der Waals surface area contributed by atoms with E-state index >= 15 is 0 Å². The first-order valence-corrected chi connectivity index (χ1v) is 5.09. The van der Waals surface area contributed by atoms with Gasteiger partial charge in [-0.3, -0.25) is 14.9 Å². The minimum Gasteiger partial charge on any atom is -0.481 e. The van der Waals surface area contributed by atoms with Gasteiger partial charge in [0.25, 0.3) is 0 Å². The molecule has 1 rings (SSSR count). The number of amides is 1. The van der Waals surface area contributed by atoms with Gasteiger partial charge in [-0.05, 0) is 0 Å². The molecule has 0 saturated carbocycles. The molecule has 3 N–H and O–H groups in total. The van der Waals surface area contributed by atoms with E-state index in [1.807, 2.05) is 0 Å². The van der Waals surface area contributed by atoms with Crippen LogP contribution in [-0.4, -0.2) is 41.2 Å². The molecule has 1 atom stereocenters. The summed E-state index contributed by atoms with van der Waals surface area (Å²) in [4.78, 5) is 21.4. The van der Waals surface area contributed by atoms with Crippen LogP contribution >= 0.6 is 11.8 Å². The van der Waals surface area contributed by atoms with Crippen LogP contribution in [0.5, 0.6) is 0 Å². The lowest BCUT2D eigenvalue weighted by Gasteiger charge is -2.08. The Morgan fingerprint density at radius 2 is 2.38 bits per heavy atom. The highest BCUT2D eigenvalue weighted by molar-refractivity contribution is 8.00. The van der Waals surface area contributed by atoms with Crippen molar-refractivity contribution >= 4 is 23.6 Å². The molecule has 0 aromatic heterocycles. The number of carboxylic acids is 1. The number of carboxylic acid groups (broad SMARTS) is 1. The molecule has 6 heteroatoms. The monoisotopic (exact) mass is 204 g/mol. The van der Waals surface area contributed by atoms with Crippen LogP contribution in [0.1, 0.15) is 6.42 Å². The summed E-state index contributed by atoms with van der Waals surface area (Å²) in [5.41, 5.74) is 0. The molecule has 1 unspecified atom stereocenters. The molecule has 0 spiro atoms. The number of rotatable bonds is 4. The summed E-state index contributed by atoms with van der Waals surface area (Å²) in [6.45, 7) is 1.04. The normalized spacial score (nSPS) is 21.4. The topological polar surface area (TPSA) is 78.4 Å². The van der Waals surface area contributed by atoms with E-state index in [-0.39, 0.29) is 24.2 Å². The first-order chi connectivity index (χ1) is 6.20. The van der Waals surface area contributed by atoms with Gasteiger partial charge in [0, 0.05) is 18.8 Å². The van der Waals surface area contributed by atoms with E-state index in [1.165, 1.54) is 11.8 Å². The number of hydrogen-bond acceptors (Lipinski definition) is 4. The quantitative estimate of drug-likeness (QED) is 0.561. The maximum absolute atomic E-state index is 11.2. The van der Waals surface area contributed by atoms with Crippen LogP contribution in [0.3, 0.4) is 0 Å². The van der Waals surface area contributed by atoms with E-state index in [2.05, 4.69) is 10.6 Å². The number of carbonyl (C=O) groups excluding carboxylic acids is 1. The van der Waals surface area contributed by atoms with E-state index < -0.39 is 5.97 Å². The van der Waals surface area contributed by atoms with Gasteiger partial charge < -0.3 is 10.4 Å². The molecule has 74 valence electrons. The fourth-order valence-corrected chi connectivity index (χ4v) is 1.92. The molecular weight excluding hydrogens is 192 g/mol. The zero-order valence-corrected chi connectivity index (χ0v) is 7.89. The number of carbonyl (C=O) groups is 2. The Kier molecular flexibility index (Phi) is 4.04. The Labute approximate surface area is 80.3 Å². The predicted octanol–water partition coefficient (Wildman–Crippen LogP) is -0.760. The highest BCUT2D eigenvalue weighted by Crippen LogP contribution is 2.12. The fraction of sp³-hybridized carbons (Fsp3) is 0.714. The van der Waals surface area contributed by atoms with E-state index in [0.717, 1.165) is 12.3 Å². The van der Waals surface area contributed by atoms with Crippen LogP contribution in [0, 0.1) is 0 Å². The van der Waals surface area contributed by atoms with Crippen LogP contribution < -0.4 is 10.6 Å². The van der Waals surface area contributed by atoms with E-state index in [9.17, 15) is 9.59 Å². The van der Waals surface area contributed by atoms with E-state index in [0.29, 0.717) is 0 Å². The lowest BCUT2D eigenvalue weighted by molar-refractivity contribution is -0.136. The molecule has 1 saturated heterocycles. The van der Waals surface area contributed by atoms with Gasteiger partial charge in [-0.25, -0.2) is 0 Å². The van der Waals surface area contributed by atoms with Crippen molar-refractivity contribution in [3.8, 4) is 0 Å². The fourth-order valence-electron chi connectivity index (χ4n) is 0.979. The number of thioether (sulfide) groups is 1. The first-order valence-electron chi connectivity index (χ1n) is 4.04. The molecule has 0 bridgehead atoms. The summed E-state index contributed by atoms with van der Waals surface area (Å²) in [5.74, 6) is -0.0899. The van der Waals surface area contributed by atoms with Crippen molar-refractivity contribution in [2.24, 2.45) is 0 Å². The van der Waals surface area contributed by atoms with Crippen molar-refractivity contribution in [2.75, 3.05) is 18.8 Å². The summed E-state index contributed by atoms with van der Waals surface area (Å²) in [7, 11) is 0. The van der Waals surface area contributed by atoms with Crippen LogP contribution in [0.4, 0.5) is 0 Å². The smallest absolute Gasteiger partial charge is 0.305 e. The third kappa shape index (κ3) is 3.65. The first kappa shape index (κ1) is 10.3. The van der Waals surface area contributed by atoms with Crippen molar-refractivity contribution in [2.45, 2.75) is 11.8 Å². The van der Waals surface area contributed by atoms with E-state index in [1.54, 1.807) is 0 Å². The highest BCUT2D eigenvalue weighted by Gasteiger charge is 2.21. The Hall–Kier alpha value is -0.750. The van der Waals surface area contributed by atoms with E-state index in [4.69, 9.17) is 5.11 Å². The summed E-state index contributed by atoms with van der Waals surface area (Å²) in [6.07, 6.45) is -0.0247. The average Bonchev–Trinajstić information content (AvgIpc) is 2.55. The molecule has 0 aromatic rings. The second-order valence-corrected chi connectivity index (χ2v) is 3.85. The Morgan fingerprint density at radius 3 is 2.92 bits per heavy atom.